The molecule has 0 heterocycles. The number of azo groups is 2. The number of hydrogen-bond donors (Lipinski definition) is 4. The second-order valence-electron chi connectivity index (χ2n) is 13.8. The quantitative estimate of drug-likeness (QED) is 0.112. The summed E-state index contributed by atoms with van der Waals surface area (Å²) >= 11 is 12.0. The van der Waals surface area contributed by atoms with Crippen LogP contribution in [0.15, 0.2) is 166 Å². The first kappa shape index (κ1) is 37.8. The third-order valence-corrected chi connectivity index (χ3v) is 10.5. The van der Waals surface area contributed by atoms with E-state index in [2.05, 4.69) is 31.1 Å². The van der Waals surface area contributed by atoms with Crippen molar-refractivity contribution >= 4 is 96.5 Å². The molecule has 1 aliphatic carbocycles. The molecule has 0 atom stereocenters. The smallest absolute Gasteiger partial charge is 0.259 e. The van der Waals surface area contributed by atoms with Gasteiger partial charge in [-0.3, -0.25) is 14.4 Å². The van der Waals surface area contributed by atoms with Crippen molar-refractivity contribution in [3.63, 3.8) is 0 Å². The first-order chi connectivity index (χ1) is 29.1. The Morgan fingerprint density at radius 1 is 0.467 bits per heavy atom. The maximum Gasteiger partial charge on any atom is 0.259 e. The van der Waals surface area contributed by atoms with Crippen LogP contribution in [-0.4, -0.2) is 27.8 Å². The normalized spacial score (nSPS) is 12.0. The first-order valence-corrected chi connectivity index (χ1v) is 19.2. The molecule has 13 heteroatoms. The Morgan fingerprint density at radius 3 is 1.28 bits per heavy atom. The number of benzene rings is 8. The van der Waals surface area contributed by atoms with Crippen molar-refractivity contribution in [1.29, 1.82) is 0 Å². The number of fused-ring (bicyclic) bond motifs is 5. The molecular weight excluding hydrogens is 799 g/mol. The molecule has 0 spiro atoms. The fraction of sp³-hybridized carbons (Fsp3) is 0. The van der Waals surface area contributed by atoms with Crippen LogP contribution in [0.4, 0.5) is 34.1 Å². The van der Waals surface area contributed by atoms with Crippen LogP contribution in [0, 0.1) is 0 Å². The van der Waals surface area contributed by atoms with Gasteiger partial charge in [0.1, 0.15) is 11.4 Å². The van der Waals surface area contributed by atoms with Crippen LogP contribution in [0.25, 0.3) is 32.7 Å². The second-order valence-corrected chi connectivity index (χ2v) is 14.7. The van der Waals surface area contributed by atoms with E-state index in [9.17, 15) is 24.6 Å². The van der Waals surface area contributed by atoms with E-state index in [4.69, 9.17) is 23.2 Å². The Kier molecular flexibility index (Phi) is 9.81. The zero-order chi connectivity index (χ0) is 41.5. The Hall–Kier alpha value is -7.73. The van der Waals surface area contributed by atoms with Crippen molar-refractivity contribution in [3.8, 4) is 22.6 Å². The van der Waals surface area contributed by atoms with Gasteiger partial charge in [-0.05, 0) is 107 Å². The lowest BCUT2D eigenvalue weighted by atomic mass is 10.0. The Labute approximate surface area is 351 Å². The number of halogens is 2. The van der Waals surface area contributed by atoms with Crippen LogP contribution in [0.1, 0.15) is 36.6 Å². The largest absolute Gasteiger partial charge is 0.505 e. The summed E-state index contributed by atoms with van der Waals surface area (Å²) in [7, 11) is 0. The minimum atomic E-state index is -0.548. The molecule has 11 nitrogen and oxygen atoms in total. The van der Waals surface area contributed by atoms with E-state index in [-0.39, 0.29) is 39.8 Å². The number of hydrogen-bond acceptors (Lipinski definition) is 9. The molecule has 4 N–H and O–H groups in total. The van der Waals surface area contributed by atoms with E-state index in [1.165, 1.54) is 0 Å². The number of phenols is 2. The van der Waals surface area contributed by atoms with Crippen LogP contribution >= 0.6 is 23.2 Å². The van der Waals surface area contributed by atoms with Gasteiger partial charge in [-0.15, -0.1) is 10.2 Å². The van der Waals surface area contributed by atoms with Crippen LogP contribution in [0.3, 0.4) is 0 Å². The van der Waals surface area contributed by atoms with Crippen molar-refractivity contribution in [2.24, 2.45) is 20.5 Å². The van der Waals surface area contributed by atoms with Gasteiger partial charge in [0.15, 0.2) is 17.3 Å². The monoisotopic (exact) mass is 826 g/mol. The highest BCUT2D eigenvalue weighted by molar-refractivity contribution is 6.31. The summed E-state index contributed by atoms with van der Waals surface area (Å²) in [5, 5.41) is 49.3. The summed E-state index contributed by atoms with van der Waals surface area (Å²) in [6.07, 6.45) is 0. The van der Waals surface area contributed by atoms with Crippen LogP contribution in [0.5, 0.6) is 11.5 Å². The SMILES string of the molecule is O=C1c2cc(/N=N/c3c(O)c(C(=O)Nc4ccc(Cl)cc4)cc4ccccc34)ccc2-c2ccc(/N=N/c3c(O)c(C(=O)Nc4ccc(Cl)cc4)cc4ccccc34)cc21. The average molecular weight is 828 g/mol. The lowest BCUT2D eigenvalue weighted by molar-refractivity contribution is 0.101. The molecule has 0 unspecified atom stereocenters. The number of anilines is 2. The van der Waals surface area contributed by atoms with E-state index in [0.29, 0.717) is 76.6 Å². The molecule has 290 valence electrons. The Balaban J connectivity index is 0.989. The second kappa shape index (κ2) is 15.6. The number of rotatable bonds is 8. The number of carbonyl (C=O) groups is 3. The Morgan fingerprint density at radius 2 is 0.867 bits per heavy atom. The topological polar surface area (TPSA) is 165 Å². The predicted molar refractivity (Wildman–Crippen MR) is 234 cm³/mol. The minimum absolute atomic E-state index is 0.000825. The number of ketones is 1. The molecule has 9 rings (SSSR count). The third-order valence-electron chi connectivity index (χ3n) is 10.0. The van der Waals surface area contributed by atoms with Crippen LogP contribution < -0.4 is 10.6 Å². The summed E-state index contributed by atoms with van der Waals surface area (Å²) in [5.41, 5.74) is 4.02. The summed E-state index contributed by atoms with van der Waals surface area (Å²) in [6, 6.07) is 40.9. The van der Waals surface area contributed by atoms with Crippen molar-refractivity contribution in [2.75, 3.05) is 10.6 Å². The number of nitrogens with one attached hydrogen (secondary N) is 2. The van der Waals surface area contributed by atoms with Crippen LogP contribution in [0.2, 0.25) is 10.0 Å². The molecule has 0 fully saturated rings. The zero-order valence-corrected chi connectivity index (χ0v) is 32.5. The molecule has 0 radical (unpaired) electrons. The van der Waals surface area contributed by atoms with Gasteiger partial charge in [0.2, 0.25) is 0 Å². The van der Waals surface area contributed by atoms with Gasteiger partial charge < -0.3 is 20.8 Å². The maximum absolute atomic E-state index is 13.8. The lowest BCUT2D eigenvalue weighted by Gasteiger charge is -2.11. The molecule has 0 aromatic heterocycles. The lowest BCUT2D eigenvalue weighted by Crippen LogP contribution is -2.12. The number of aromatic hydroxyl groups is 2. The number of nitrogens with zero attached hydrogens (tertiary/aromatic N) is 4. The summed E-state index contributed by atoms with van der Waals surface area (Å²) in [6.45, 7) is 0. The minimum Gasteiger partial charge on any atom is -0.505 e. The maximum atomic E-state index is 13.8. The van der Waals surface area contributed by atoms with Crippen LogP contribution in [-0.2, 0) is 0 Å². The zero-order valence-electron chi connectivity index (χ0n) is 31.0. The number of amides is 2. The van der Waals surface area contributed by atoms with Crippen molar-refractivity contribution in [1.82, 2.24) is 0 Å². The van der Waals surface area contributed by atoms with Gasteiger partial charge >= 0.3 is 0 Å². The van der Waals surface area contributed by atoms with E-state index in [1.54, 1.807) is 133 Å². The van der Waals surface area contributed by atoms with E-state index < -0.39 is 11.8 Å². The van der Waals surface area contributed by atoms with E-state index in [1.807, 2.05) is 12.1 Å². The van der Waals surface area contributed by atoms with Gasteiger partial charge in [-0.1, -0.05) is 83.9 Å². The van der Waals surface area contributed by atoms with Crippen molar-refractivity contribution < 1.29 is 24.6 Å². The number of phenolic OH excluding ortho intramolecular Hbond substituents is 2. The highest BCUT2D eigenvalue weighted by Crippen LogP contribution is 2.44. The fourth-order valence-electron chi connectivity index (χ4n) is 7.04. The molecule has 0 aliphatic heterocycles. The molecular formula is C47H28Cl2N6O5. The number of carbonyl (C=O) groups excluding carboxylic acids is 3. The highest BCUT2D eigenvalue weighted by atomic mass is 35.5. The Bertz CT molecular complexity index is 2940. The standard InChI is InChI=1S/C47H28Cl2N6O5/c48-27-9-13-29(14-10-27)50-46(59)39-21-25-5-1-3-7-33(25)41(44(39)57)54-52-31-17-19-35-36-20-18-32(24-38(36)43(56)37(35)23-31)53-55-42-34-8-4-2-6-26(34)22-40(45(42)58)47(60)51-30-15-11-28(49)12-16-30/h1-24,57-58H,(H,50,59)(H,51,60)/b54-52+,55-53+. The predicted octanol–water partition coefficient (Wildman–Crippen LogP) is 13.3. The van der Waals surface area contributed by atoms with Crippen molar-refractivity contribution in [2.45, 2.75) is 0 Å². The first-order valence-electron chi connectivity index (χ1n) is 18.4. The van der Waals surface area contributed by atoms with Gasteiger partial charge in [-0.25, -0.2) is 0 Å². The molecule has 0 bridgehead atoms. The summed E-state index contributed by atoms with van der Waals surface area (Å²) in [4.78, 5) is 40.5. The molecule has 0 saturated carbocycles. The third kappa shape index (κ3) is 7.19. The fourth-order valence-corrected chi connectivity index (χ4v) is 7.29. The molecule has 2 amide bonds. The van der Waals surface area contributed by atoms with Crippen molar-refractivity contribution in [3.05, 3.63) is 178 Å². The molecule has 0 saturated heterocycles. The van der Waals surface area contributed by atoms with Gasteiger partial charge in [0, 0.05) is 43.3 Å². The average Bonchev–Trinajstić information content (AvgIpc) is 3.53. The van der Waals surface area contributed by atoms with Gasteiger partial charge in [0.25, 0.3) is 11.8 Å². The van der Waals surface area contributed by atoms with E-state index >= 15 is 0 Å². The van der Waals surface area contributed by atoms with Gasteiger partial charge in [0.05, 0.1) is 22.5 Å². The molecule has 60 heavy (non-hydrogen) atoms. The van der Waals surface area contributed by atoms with Gasteiger partial charge in [-0.2, -0.15) is 10.2 Å². The highest BCUT2D eigenvalue weighted by Gasteiger charge is 2.28. The molecule has 1 aliphatic rings. The summed E-state index contributed by atoms with van der Waals surface area (Å²) < 4.78 is 0. The molecule has 8 aromatic carbocycles. The van der Waals surface area contributed by atoms with E-state index in [0.717, 1.165) is 0 Å². The molecule has 8 aromatic rings. The summed E-state index contributed by atoms with van der Waals surface area (Å²) in [5.74, 6) is -2.08.